The van der Waals surface area contributed by atoms with Gasteiger partial charge in [0.15, 0.2) is 6.61 Å². The van der Waals surface area contributed by atoms with Crippen LogP contribution in [0.3, 0.4) is 0 Å². The quantitative estimate of drug-likeness (QED) is 0.205. The topological polar surface area (TPSA) is 79.4 Å². The van der Waals surface area contributed by atoms with Gasteiger partial charge in [0.05, 0.1) is 11.9 Å². The predicted octanol–water partition coefficient (Wildman–Crippen LogP) is 7.19. The Morgan fingerprint density at radius 2 is 1.53 bits per heavy atom. The van der Waals surface area contributed by atoms with Crippen LogP contribution in [0.5, 0.6) is 0 Å². The summed E-state index contributed by atoms with van der Waals surface area (Å²) in [6.45, 7) is -0.259. The van der Waals surface area contributed by atoms with Gasteiger partial charge >= 0.3 is 0 Å². The van der Waals surface area contributed by atoms with Gasteiger partial charge in [-0.05, 0) is 29.5 Å². The third-order valence-corrected chi connectivity index (χ3v) is 6.90. The van der Waals surface area contributed by atoms with Crippen molar-refractivity contribution in [3.05, 3.63) is 102 Å². The molecule has 0 radical (unpaired) electrons. The monoisotopic (exact) mass is 502 g/mol. The summed E-state index contributed by atoms with van der Waals surface area (Å²) in [7, 11) is 0. The smallest absolute Gasteiger partial charge is 0.266 e. The highest BCUT2D eigenvalue weighted by Gasteiger charge is 2.30. The average molecular weight is 503 g/mol. The first kappa shape index (κ1) is 25.0. The lowest BCUT2D eigenvalue weighted by atomic mass is 9.94. The number of amides is 1. The second-order valence-electron chi connectivity index (χ2n) is 9.42. The fraction of sp³-hybridized carbons (Fsp3) is 0.219. The lowest BCUT2D eigenvalue weighted by Crippen LogP contribution is -2.23. The third-order valence-electron chi connectivity index (χ3n) is 6.90. The maximum Gasteiger partial charge on any atom is 0.266 e. The molecule has 0 atom stereocenters. The number of rotatable bonds is 8. The largest absolute Gasteiger partial charge is 0.386 e. The zero-order valence-electron chi connectivity index (χ0n) is 21.2. The third kappa shape index (κ3) is 5.52. The van der Waals surface area contributed by atoms with Crippen molar-refractivity contribution in [2.45, 2.75) is 38.1 Å². The van der Waals surface area contributed by atoms with Crippen LogP contribution in [0.4, 0.5) is 5.82 Å². The highest BCUT2D eigenvalue weighted by molar-refractivity contribution is 5.98. The van der Waals surface area contributed by atoms with Gasteiger partial charge in [-0.3, -0.25) is 4.79 Å². The standard InChI is InChI=1S/C32H30N4O2/c33-21-28-30(25-15-7-2-8-16-25)31(26-17-9-3-10-18-26)36(27-19-11-4-12-20-27)32(28)35-29(37)23-38-34-22-24-13-5-1-6-14-24/h1-3,5-10,13-18,22,27H,4,11-12,19-20,23H2,(H,35,37)/b34-22+. The number of nitrogens with zero attached hydrogens (tertiary/aromatic N) is 3. The van der Waals surface area contributed by atoms with Gasteiger partial charge in [0, 0.05) is 11.6 Å². The van der Waals surface area contributed by atoms with Crippen LogP contribution in [0.1, 0.15) is 49.3 Å². The van der Waals surface area contributed by atoms with E-state index in [0.29, 0.717) is 11.4 Å². The Morgan fingerprint density at radius 3 is 2.16 bits per heavy atom. The molecular formula is C32H30N4O2. The van der Waals surface area contributed by atoms with Crippen molar-refractivity contribution in [3.63, 3.8) is 0 Å². The van der Waals surface area contributed by atoms with Crippen LogP contribution >= 0.6 is 0 Å². The molecule has 5 rings (SSSR count). The Balaban J connectivity index is 1.55. The molecule has 4 aromatic rings. The van der Waals surface area contributed by atoms with E-state index >= 15 is 0 Å². The van der Waals surface area contributed by atoms with Gasteiger partial charge in [-0.15, -0.1) is 0 Å². The van der Waals surface area contributed by atoms with Crippen molar-refractivity contribution in [3.8, 4) is 28.5 Å². The average Bonchev–Trinajstić information content (AvgIpc) is 3.31. The number of hydrogen-bond donors (Lipinski definition) is 1. The molecule has 0 saturated heterocycles. The van der Waals surface area contributed by atoms with Crippen molar-refractivity contribution in [2.24, 2.45) is 5.16 Å². The van der Waals surface area contributed by atoms with Crippen LogP contribution in [-0.2, 0) is 9.63 Å². The molecule has 190 valence electrons. The molecule has 1 aliphatic rings. The minimum Gasteiger partial charge on any atom is -0.386 e. The van der Waals surface area contributed by atoms with E-state index in [9.17, 15) is 10.1 Å². The van der Waals surface area contributed by atoms with Crippen molar-refractivity contribution in [1.82, 2.24) is 4.57 Å². The SMILES string of the molecule is N#Cc1c(-c2ccccc2)c(-c2ccccc2)n(C2CCCCC2)c1NC(=O)CO/N=C/c1ccccc1. The van der Waals surface area contributed by atoms with Gasteiger partial charge in [0.25, 0.3) is 5.91 Å². The second-order valence-corrected chi connectivity index (χ2v) is 9.42. The van der Waals surface area contributed by atoms with Gasteiger partial charge in [0.1, 0.15) is 17.5 Å². The van der Waals surface area contributed by atoms with Crippen LogP contribution in [0, 0.1) is 11.3 Å². The van der Waals surface area contributed by atoms with Crippen molar-refractivity contribution in [1.29, 1.82) is 5.26 Å². The molecule has 0 bridgehead atoms. The number of benzene rings is 3. The Hall–Kier alpha value is -4.63. The van der Waals surface area contributed by atoms with Crippen LogP contribution in [-0.4, -0.2) is 23.3 Å². The summed E-state index contributed by atoms with van der Waals surface area (Å²) in [6, 6.07) is 32.2. The predicted molar refractivity (Wildman–Crippen MR) is 151 cm³/mol. The summed E-state index contributed by atoms with van der Waals surface area (Å²) < 4.78 is 2.19. The van der Waals surface area contributed by atoms with Crippen molar-refractivity contribution >= 4 is 17.9 Å². The Morgan fingerprint density at radius 1 is 0.921 bits per heavy atom. The number of nitrogens with one attached hydrogen (secondary N) is 1. The second kappa shape index (κ2) is 12.1. The van der Waals surface area contributed by atoms with E-state index in [0.717, 1.165) is 53.6 Å². The summed E-state index contributed by atoms with van der Waals surface area (Å²) in [6.07, 6.45) is 6.99. The molecule has 6 nitrogen and oxygen atoms in total. The van der Waals surface area contributed by atoms with Crippen molar-refractivity contribution < 1.29 is 9.63 Å². The highest BCUT2D eigenvalue weighted by Crippen LogP contribution is 2.46. The molecule has 6 heteroatoms. The van der Waals surface area contributed by atoms with Gasteiger partial charge in [0.2, 0.25) is 0 Å². The number of hydrogen-bond acceptors (Lipinski definition) is 4. The van der Waals surface area contributed by atoms with E-state index in [1.807, 2.05) is 78.9 Å². The van der Waals surface area contributed by atoms with Crippen molar-refractivity contribution in [2.75, 3.05) is 11.9 Å². The molecule has 1 aliphatic carbocycles. The first-order chi connectivity index (χ1) is 18.8. The normalized spacial score (nSPS) is 13.8. The lowest BCUT2D eigenvalue weighted by Gasteiger charge is -2.28. The first-order valence-corrected chi connectivity index (χ1v) is 13.1. The Bertz CT molecular complexity index is 1430. The minimum absolute atomic E-state index is 0.177. The summed E-state index contributed by atoms with van der Waals surface area (Å²) >= 11 is 0. The molecule has 1 amide bonds. The fourth-order valence-electron chi connectivity index (χ4n) is 5.19. The first-order valence-electron chi connectivity index (χ1n) is 13.1. The number of oxime groups is 1. The van der Waals surface area contributed by atoms with Gasteiger partial charge < -0.3 is 14.7 Å². The van der Waals surface area contributed by atoms with Crippen LogP contribution in [0.2, 0.25) is 0 Å². The molecule has 0 spiro atoms. The molecular weight excluding hydrogens is 472 g/mol. The Kier molecular flexibility index (Phi) is 7.95. The number of aromatic nitrogens is 1. The van der Waals surface area contributed by atoms with Gasteiger partial charge in [-0.1, -0.05) is 115 Å². The fourth-order valence-corrected chi connectivity index (χ4v) is 5.19. The maximum absolute atomic E-state index is 13.1. The van der Waals surface area contributed by atoms with Gasteiger partial charge in [-0.25, -0.2) is 0 Å². The molecule has 0 unspecified atom stereocenters. The van der Waals surface area contributed by atoms with Crippen LogP contribution in [0.15, 0.2) is 96.2 Å². The number of anilines is 1. The zero-order valence-corrected chi connectivity index (χ0v) is 21.2. The highest BCUT2D eigenvalue weighted by atomic mass is 16.6. The maximum atomic E-state index is 13.1. The van der Waals surface area contributed by atoms with Crippen LogP contribution in [0.25, 0.3) is 22.4 Å². The molecule has 38 heavy (non-hydrogen) atoms. The summed E-state index contributed by atoms with van der Waals surface area (Å²) in [5.41, 5.74) is 5.09. The summed E-state index contributed by atoms with van der Waals surface area (Å²) in [4.78, 5) is 18.4. The van der Waals surface area contributed by atoms with Crippen LogP contribution < -0.4 is 5.32 Å². The van der Waals surface area contributed by atoms with E-state index < -0.39 is 0 Å². The van der Waals surface area contributed by atoms with E-state index in [-0.39, 0.29) is 18.6 Å². The molecule has 3 aromatic carbocycles. The van der Waals surface area contributed by atoms with E-state index in [2.05, 4.69) is 33.2 Å². The molecule has 1 aromatic heterocycles. The van der Waals surface area contributed by atoms with E-state index in [4.69, 9.17) is 4.84 Å². The van der Waals surface area contributed by atoms with E-state index in [1.54, 1.807) is 6.21 Å². The lowest BCUT2D eigenvalue weighted by molar-refractivity contribution is -0.120. The summed E-state index contributed by atoms with van der Waals surface area (Å²) in [5.74, 6) is 0.165. The zero-order chi connectivity index (χ0) is 26.2. The van der Waals surface area contributed by atoms with Gasteiger partial charge in [-0.2, -0.15) is 5.26 Å². The molecule has 1 N–H and O–H groups in total. The number of carbonyl (C=O) groups is 1. The molecule has 0 aliphatic heterocycles. The van der Waals surface area contributed by atoms with E-state index in [1.165, 1.54) is 6.42 Å². The Labute approximate surface area is 223 Å². The summed E-state index contributed by atoms with van der Waals surface area (Å²) in [5, 5.41) is 17.4. The number of carbonyl (C=O) groups excluding carboxylic acids is 1. The molecule has 1 heterocycles. The molecule has 1 saturated carbocycles. The number of nitriles is 1. The molecule has 1 fully saturated rings. The minimum atomic E-state index is -0.361.